The Bertz CT molecular complexity index is 684. The average Bonchev–Trinajstić information content (AvgIpc) is 3.22. The minimum atomic E-state index is -1.42. The minimum Gasteiger partial charge on any atom is -0.480 e. The van der Waals surface area contributed by atoms with Gasteiger partial charge in [0.15, 0.2) is 5.96 Å². The highest BCUT2D eigenvalue weighted by atomic mass is 16.4. The first-order valence-electron chi connectivity index (χ1n) is 9.79. The normalized spacial score (nSPS) is 18.5. The molecular formula is C17H31N7O7. The van der Waals surface area contributed by atoms with Gasteiger partial charge in [-0.3, -0.25) is 19.4 Å². The van der Waals surface area contributed by atoms with Crippen LogP contribution >= 0.6 is 0 Å². The van der Waals surface area contributed by atoms with E-state index in [1.54, 1.807) is 0 Å². The Morgan fingerprint density at radius 2 is 1.71 bits per heavy atom. The van der Waals surface area contributed by atoms with Crippen LogP contribution in [0.5, 0.6) is 0 Å². The number of aliphatic hydroxyl groups is 2. The number of nitrogens with two attached hydrogens (primary N) is 3. The first-order valence-corrected chi connectivity index (χ1v) is 9.79. The molecule has 0 aromatic carbocycles. The van der Waals surface area contributed by atoms with Crippen LogP contribution in [0.25, 0.3) is 0 Å². The molecule has 0 spiro atoms. The molecule has 0 radical (unpaired) electrons. The zero-order valence-electron chi connectivity index (χ0n) is 17.1. The molecule has 176 valence electrons. The molecule has 0 bridgehead atoms. The summed E-state index contributed by atoms with van der Waals surface area (Å²) in [5, 5.41) is 32.3. The fraction of sp³-hybridized carbons (Fsp3) is 0.706. The minimum absolute atomic E-state index is 0.0897. The molecule has 0 saturated carbocycles. The summed E-state index contributed by atoms with van der Waals surface area (Å²) in [6.45, 7) is -1.05. The highest BCUT2D eigenvalue weighted by Gasteiger charge is 2.38. The number of nitrogens with one attached hydrogen (secondary N) is 2. The van der Waals surface area contributed by atoms with E-state index in [1.807, 2.05) is 0 Å². The fourth-order valence-electron chi connectivity index (χ4n) is 3.08. The summed E-state index contributed by atoms with van der Waals surface area (Å²) in [6.07, 6.45) is 1.19. The van der Waals surface area contributed by atoms with Crippen molar-refractivity contribution in [3.05, 3.63) is 0 Å². The Labute approximate surface area is 178 Å². The highest BCUT2D eigenvalue weighted by Crippen LogP contribution is 2.19. The Kier molecular flexibility index (Phi) is 10.6. The van der Waals surface area contributed by atoms with Gasteiger partial charge >= 0.3 is 5.97 Å². The van der Waals surface area contributed by atoms with E-state index in [0.29, 0.717) is 19.3 Å². The van der Waals surface area contributed by atoms with Gasteiger partial charge in [-0.2, -0.15) is 0 Å². The smallest absolute Gasteiger partial charge is 0.326 e. The van der Waals surface area contributed by atoms with Gasteiger partial charge in [0, 0.05) is 13.1 Å². The molecule has 14 heteroatoms. The molecule has 14 nitrogen and oxygen atoms in total. The van der Waals surface area contributed by atoms with Gasteiger partial charge in [-0.1, -0.05) is 0 Å². The monoisotopic (exact) mass is 445 g/mol. The quantitative estimate of drug-likeness (QED) is 0.0810. The molecule has 11 N–H and O–H groups in total. The lowest BCUT2D eigenvalue weighted by molar-refractivity contribution is -0.149. The second-order valence-electron chi connectivity index (χ2n) is 7.07. The second-order valence-corrected chi connectivity index (χ2v) is 7.07. The number of carbonyl (C=O) groups excluding carboxylic acids is 3. The van der Waals surface area contributed by atoms with Crippen molar-refractivity contribution in [1.82, 2.24) is 15.5 Å². The van der Waals surface area contributed by atoms with Crippen LogP contribution in [0, 0.1) is 0 Å². The molecule has 4 atom stereocenters. The maximum Gasteiger partial charge on any atom is 0.326 e. The number of hydrogen-bond donors (Lipinski definition) is 8. The number of aliphatic imine (C=N–C) groups is 1. The number of hydrogen-bond acceptors (Lipinski definition) is 8. The van der Waals surface area contributed by atoms with Crippen molar-refractivity contribution in [2.24, 2.45) is 22.2 Å². The summed E-state index contributed by atoms with van der Waals surface area (Å²) in [7, 11) is 0. The Morgan fingerprint density at radius 3 is 2.26 bits per heavy atom. The van der Waals surface area contributed by atoms with E-state index >= 15 is 0 Å². The molecule has 1 aliphatic rings. The predicted octanol–water partition coefficient (Wildman–Crippen LogP) is -4.60. The molecule has 1 fully saturated rings. The van der Waals surface area contributed by atoms with Crippen LogP contribution in [0.2, 0.25) is 0 Å². The van der Waals surface area contributed by atoms with E-state index in [9.17, 15) is 29.4 Å². The van der Waals surface area contributed by atoms with Gasteiger partial charge in [-0.15, -0.1) is 0 Å². The molecule has 31 heavy (non-hydrogen) atoms. The fourth-order valence-corrected chi connectivity index (χ4v) is 3.08. The molecular weight excluding hydrogens is 414 g/mol. The van der Waals surface area contributed by atoms with Gasteiger partial charge in [0.25, 0.3) is 0 Å². The van der Waals surface area contributed by atoms with Crippen LogP contribution in [0.4, 0.5) is 0 Å². The number of likely N-dealkylation sites (tertiary alicyclic amines) is 1. The zero-order valence-corrected chi connectivity index (χ0v) is 17.1. The topological polar surface area (TPSA) is 247 Å². The number of rotatable bonds is 12. The summed E-state index contributed by atoms with van der Waals surface area (Å²) >= 11 is 0. The maximum atomic E-state index is 13.0. The van der Waals surface area contributed by atoms with Crippen molar-refractivity contribution in [3.8, 4) is 0 Å². The molecule has 1 aliphatic heterocycles. The van der Waals surface area contributed by atoms with Gasteiger partial charge < -0.3 is 48.1 Å². The number of carboxylic acids is 1. The number of guanidine groups is 1. The summed E-state index contributed by atoms with van der Waals surface area (Å²) in [5.41, 5.74) is 15.9. The van der Waals surface area contributed by atoms with Crippen LogP contribution < -0.4 is 27.8 Å². The molecule has 1 saturated heterocycles. The van der Waals surface area contributed by atoms with E-state index in [4.69, 9.17) is 22.3 Å². The molecule has 0 aliphatic carbocycles. The van der Waals surface area contributed by atoms with Crippen LogP contribution in [0.3, 0.4) is 0 Å². The summed E-state index contributed by atoms with van der Waals surface area (Å²) in [4.78, 5) is 53.7. The number of aliphatic hydroxyl groups excluding tert-OH is 2. The summed E-state index contributed by atoms with van der Waals surface area (Å²) in [5.74, 6) is -3.61. The van der Waals surface area contributed by atoms with Crippen molar-refractivity contribution in [3.63, 3.8) is 0 Å². The molecule has 4 unspecified atom stereocenters. The number of carboxylic acid groups (broad SMARTS) is 1. The zero-order chi connectivity index (χ0) is 23.6. The number of nitrogens with zero attached hydrogens (tertiary/aromatic N) is 2. The standard InChI is InChI=1S/C17H31N7O7/c18-9(7-25)13(27)23-11(8-26)14(28)22-10(3-1-5-21-17(19)20)15(29)24-6-2-4-12(24)16(30)31/h9-12,25-26H,1-8,18H2,(H,22,28)(H,23,27)(H,30,31)(H4,19,20,21). The van der Waals surface area contributed by atoms with E-state index in [-0.39, 0.29) is 25.5 Å². The van der Waals surface area contributed by atoms with Crippen LogP contribution in [0.15, 0.2) is 4.99 Å². The van der Waals surface area contributed by atoms with Gasteiger partial charge in [-0.25, -0.2) is 4.79 Å². The van der Waals surface area contributed by atoms with Crippen LogP contribution in [-0.2, 0) is 19.2 Å². The average molecular weight is 445 g/mol. The van der Waals surface area contributed by atoms with Crippen molar-refractivity contribution in [2.75, 3.05) is 26.3 Å². The Hall–Kier alpha value is -2.97. The van der Waals surface area contributed by atoms with Crippen molar-refractivity contribution >= 4 is 29.7 Å². The maximum absolute atomic E-state index is 13.0. The number of amides is 3. The van der Waals surface area contributed by atoms with E-state index < -0.39 is 61.1 Å². The van der Waals surface area contributed by atoms with E-state index in [0.717, 1.165) is 0 Å². The van der Waals surface area contributed by atoms with Crippen molar-refractivity contribution < 1.29 is 34.5 Å². The van der Waals surface area contributed by atoms with Crippen LogP contribution in [0.1, 0.15) is 25.7 Å². The molecule has 0 aromatic rings. The SMILES string of the molecule is NC(N)=NCCCC(NC(=O)C(CO)NC(=O)C(N)CO)C(=O)N1CCCC1C(=O)O. The van der Waals surface area contributed by atoms with E-state index in [2.05, 4.69) is 15.6 Å². The molecule has 0 aromatic heterocycles. The van der Waals surface area contributed by atoms with Gasteiger partial charge in [-0.05, 0) is 25.7 Å². The largest absolute Gasteiger partial charge is 0.480 e. The molecule has 1 heterocycles. The van der Waals surface area contributed by atoms with Gasteiger partial charge in [0.2, 0.25) is 17.7 Å². The first-order chi connectivity index (χ1) is 14.6. The third-order valence-corrected chi connectivity index (χ3v) is 4.73. The number of aliphatic carboxylic acids is 1. The summed E-state index contributed by atoms with van der Waals surface area (Å²) in [6, 6.07) is -4.84. The lowest BCUT2D eigenvalue weighted by Gasteiger charge is -2.28. The highest BCUT2D eigenvalue weighted by molar-refractivity contribution is 5.94. The lowest BCUT2D eigenvalue weighted by Crippen LogP contribution is -2.58. The lowest BCUT2D eigenvalue weighted by atomic mass is 10.1. The van der Waals surface area contributed by atoms with Gasteiger partial charge in [0.1, 0.15) is 24.2 Å². The second kappa shape index (κ2) is 12.7. The van der Waals surface area contributed by atoms with Gasteiger partial charge in [0.05, 0.1) is 13.2 Å². The first kappa shape index (κ1) is 26.1. The van der Waals surface area contributed by atoms with Crippen molar-refractivity contribution in [2.45, 2.75) is 49.9 Å². The molecule has 3 amide bonds. The Balaban J connectivity index is 2.92. The van der Waals surface area contributed by atoms with E-state index in [1.165, 1.54) is 4.90 Å². The third kappa shape index (κ3) is 7.99. The summed E-state index contributed by atoms with van der Waals surface area (Å²) < 4.78 is 0. The predicted molar refractivity (Wildman–Crippen MR) is 108 cm³/mol. The number of carbonyl (C=O) groups is 4. The molecule has 1 rings (SSSR count). The van der Waals surface area contributed by atoms with Crippen molar-refractivity contribution in [1.29, 1.82) is 0 Å². The third-order valence-electron chi connectivity index (χ3n) is 4.73. The van der Waals surface area contributed by atoms with Crippen LogP contribution in [-0.4, -0.2) is 100 Å². The Morgan fingerprint density at radius 1 is 1.06 bits per heavy atom.